The number of thioether (sulfide) groups is 1. The van der Waals surface area contributed by atoms with Crippen molar-refractivity contribution in [3.05, 3.63) is 29.8 Å². The summed E-state index contributed by atoms with van der Waals surface area (Å²) in [4.78, 5) is 13.5. The van der Waals surface area contributed by atoms with Crippen molar-refractivity contribution in [3.8, 4) is 0 Å². The first-order chi connectivity index (χ1) is 9.66. The summed E-state index contributed by atoms with van der Waals surface area (Å²) in [5.41, 5.74) is 0.821. The predicted octanol–water partition coefficient (Wildman–Crippen LogP) is 4.50. The van der Waals surface area contributed by atoms with Crippen LogP contribution >= 0.6 is 11.8 Å². The van der Waals surface area contributed by atoms with E-state index in [9.17, 15) is 4.79 Å². The van der Waals surface area contributed by atoms with Gasteiger partial charge in [-0.1, -0.05) is 45.2 Å². The molecule has 1 aromatic carbocycles. The van der Waals surface area contributed by atoms with Crippen LogP contribution in [0.15, 0.2) is 29.2 Å². The molecule has 0 unspecified atom stereocenters. The highest BCUT2D eigenvalue weighted by Gasteiger charge is 2.16. The van der Waals surface area contributed by atoms with Gasteiger partial charge in [-0.15, -0.1) is 11.8 Å². The molecular formula is C17H25NOS. The molecule has 20 heavy (non-hydrogen) atoms. The maximum absolute atomic E-state index is 12.4. The molecule has 1 aromatic rings. The third kappa shape index (κ3) is 4.55. The molecule has 2 nitrogen and oxygen atoms in total. The van der Waals surface area contributed by atoms with Gasteiger partial charge in [0.2, 0.25) is 0 Å². The molecule has 0 bridgehead atoms. The van der Waals surface area contributed by atoms with E-state index in [1.807, 2.05) is 24.3 Å². The lowest BCUT2D eigenvalue weighted by molar-refractivity contribution is 0.0940. The normalized spacial score (nSPS) is 16.4. The third-order valence-electron chi connectivity index (χ3n) is 3.77. The number of hydrogen-bond donors (Lipinski definition) is 1. The van der Waals surface area contributed by atoms with Crippen molar-refractivity contribution in [2.75, 3.05) is 6.54 Å². The molecule has 1 N–H and O–H groups in total. The Morgan fingerprint density at radius 1 is 1.25 bits per heavy atom. The Morgan fingerprint density at radius 2 is 1.95 bits per heavy atom. The van der Waals surface area contributed by atoms with Gasteiger partial charge in [0.05, 0.1) is 5.56 Å². The summed E-state index contributed by atoms with van der Waals surface area (Å²) in [7, 11) is 0. The molecule has 0 radical (unpaired) electrons. The van der Waals surface area contributed by atoms with Crippen LogP contribution in [-0.4, -0.2) is 17.7 Å². The van der Waals surface area contributed by atoms with Crippen LogP contribution in [0.2, 0.25) is 0 Å². The van der Waals surface area contributed by atoms with Gasteiger partial charge < -0.3 is 5.32 Å². The second-order valence-electron chi connectivity index (χ2n) is 5.88. The van der Waals surface area contributed by atoms with Crippen molar-refractivity contribution < 1.29 is 4.79 Å². The van der Waals surface area contributed by atoms with Crippen LogP contribution < -0.4 is 5.32 Å². The fourth-order valence-electron chi connectivity index (χ4n) is 2.73. The first-order valence-corrected chi connectivity index (χ1v) is 8.58. The van der Waals surface area contributed by atoms with Gasteiger partial charge in [-0.05, 0) is 30.9 Å². The zero-order chi connectivity index (χ0) is 14.4. The number of carbonyl (C=O) groups is 1. The summed E-state index contributed by atoms with van der Waals surface area (Å²) in [6.07, 6.45) is 6.53. The van der Waals surface area contributed by atoms with Crippen molar-refractivity contribution in [3.63, 3.8) is 0 Å². The molecule has 0 aromatic heterocycles. The predicted molar refractivity (Wildman–Crippen MR) is 86.3 cm³/mol. The lowest BCUT2D eigenvalue weighted by Gasteiger charge is -2.22. The smallest absolute Gasteiger partial charge is 0.252 e. The Morgan fingerprint density at radius 3 is 2.65 bits per heavy atom. The second kappa shape index (κ2) is 7.72. The van der Waals surface area contributed by atoms with Gasteiger partial charge >= 0.3 is 0 Å². The van der Waals surface area contributed by atoms with E-state index in [4.69, 9.17) is 0 Å². The second-order valence-corrected chi connectivity index (χ2v) is 7.50. The molecule has 3 heteroatoms. The van der Waals surface area contributed by atoms with E-state index in [1.54, 1.807) is 11.8 Å². The van der Waals surface area contributed by atoms with E-state index in [-0.39, 0.29) is 5.91 Å². The molecule has 110 valence electrons. The fraction of sp³-hybridized carbons (Fsp3) is 0.588. The highest BCUT2D eigenvalue weighted by molar-refractivity contribution is 8.00. The van der Waals surface area contributed by atoms with E-state index in [0.29, 0.717) is 11.2 Å². The molecule has 0 heterocycles. The fourth-order valence-corrected chi connectivity index (χ4v) is 3.69. The standard InChI is InChI=1S/C17H25NOS/c1-13(2)20-16-11-7-6-10-15(16)17(19)18-12-14-8-4-3-5-9-14/h6-7,10-11,13-14H,3-5,8-9,12H2,1-2H3,(H,18,19). The highest BCUT2D eigenvalue weighted by Crippen LogP contribution is 2.27. The van der Waals surface area contributed by atoms with E-state index < -0.39 is 0 Å². The number of benzene rings is 1. The first-order valence-electron chi connectivity index (χ1n) is 7.70. The maximum Gasteiger partial charge on any atom is 0.252 e. The minimum Gasteiger partial charge on any atom is -0.352 e. The zero-order valence-electron chi connectivity index (χ0n) is 12.5. The van der Waals surface area contributed by atoms with Crippen molar-refractivity contribution in [2.45, 2.75) is 56.1 Å². The third-order valence-corrected chi connectivity index (χ3v) is 4.85. The summed E-state index contributed by atoms with van der Waals surface area (Å²) in [6, 6.07) is 7.92. The average Bonchev–Trinajstić information content (AvgIpc) is 2.46. The van der Waals surface area contributed by atoms with E-state index >= 15 is 0 Å². The SMILES string of the molecule is CC(C)Sc1ccccc1C(=O)NCC1CCCCC1. The Kier molecular flexibility index (Phi) is 5.96. The zero-order valence-corrected chi connectivity index (χ0v) is 13.3. The lowest BCUT2D eigenvalue weighted by atomic mass is 9.89. The molecule has 1 saturated carbocycles. The minimum absolute atomic E-state index is 0.0827. The number of nitrogens with one attached hydrogen (secondary N) is 1. The monoisotopic (exact) mass is 291 g/mol. The largest absolute Gasteiger partial charge is 0.352 e. The molecule has 0 saturated heterocycles. The molecule has 1 aliphatic carbocycles. The Bertz CT molecular complexity index is 438. The molecule has 1 fully saturated rings. The van der Waals surface area contributed by atoms with Gasteiger partial charge in [-0.3, -0.25) is 4.79 Å². The van der Waals surface area contributed by atoms with Crippen LogP contribution in [0.4, 0.5) is 0 Å². The van der Waals surface area contributed by atoms with Gasteiger partial charge in [0, 0.05) is 16.7 Å². The van der Waals surface area contributed by atoms with Crippen LogP contribution in [0.1, 0.15) is 56.3 Å². The van der Waals surface area contributed by atoms with Crippen LogP contribution in [0.5, 0.6) is 0 Å². The van der Waals surface area contributed by atoms with Crippen molar-refractivity contribution >= 4 is 17.7 Å². The summed E-state index contributed by atoms with van der Waals surface area (Å²) in [6.45, 7) is 5.14. The highest BCUT2D eigenvalue weighted by atomic mass is 32.2. The van der Waals surface area contributed by atoms with Crippen molar-refractivity contribution in [1.82, 2.24) is 5.32 Å². The lowest BCUT2D eigenvalue weighted by Crippen LogP contribution is -2.30. The van der Waals surface area contributed by atoms with E-state index in [0.717, 1.165) is 17.0 Å². The molecule has 2 rings (SSSR count). The molecule has 1 amide bonds. The average molecular weight is 291 g/mol. The quantitative estimate of drug-likeness (QED) is 0.809. The topological polar surface area (TPSA) is 29.1 Å². The minimum atomic E-state index is 0.0827. The number of amides is 1. The van der Waals surface area contributed by atoms with E-state index in [1.165, 1.54) is 32.1 Å². The molecular weight excluding hydrogens is 266 g/mol. The number of rotatable bonds is 5. The van der Waals surface area contributed by atoms with Gasteiger partial charge in [0.1, 0.15) is 0 Å². The van der Waals surface area contributed by atoms with E-state index in [2.05, 4.69) is 19.2 Å². The van der Waals surface area contributed by atoms with Crippen LogP contribution in [0, 0.1) is 5.92 Å². The first kappa shape index (κ1) is 15.4. The summed E-state index contributed by atoms with van der Waals surface area (Å²) < 4.78 is 0. The molecule has 0 spiro atoms. The number of carbonyl (C=O) groups excluding carboxylic acids is 1. The van der Waals surface area contributed by atoms with Crippen molar-refractivity contribution in [2.24, 2.45) is 5.92 Å². The Hall–Kier alpha value is -0.960. The van der Waals surface area contributed by atoms with Gasteiger partial charge in [-0.2, -0.15) is 0 Å². The molecule has 1 aliphatic rings. The Balaban J connectivity index is 1.94. The molecule has 0 atom stereocenters. The van der Waals surface area contributed by atoms with Crippen molar-refractivity contribution in [1.29, 1.82) is 0 Å². The van der Waals surface area contributed by atoms with Gasteiger partial charge in [-0.25, -0.2) is 0 Å². The van der Waals surface area contributed by atoms with Gasteiger partial charge in [0.15, 0.2) is 0 Å². The molecule has 0 aliphatic heterocycles. The summed E-state index contributed by atoms with van der Waals surface area (Å²) >= 11 is 1.75. The maximum atomic E-state index is 12.4. The summed E-state index contributed by atoms with van der Waals surface area (Å²) in [5, 5.41) is 3.62. The number of hydrogen-bond acceptors (Lipinski definition) is 2. The van der Waals surface area contributed by atoms with Gasteiger partial charge in [0.25, 0.3) is 5.91 Å². The van der Waals surface area contributed by atoms with Crippen LogP contribution in [0.25, 0.3) is 0 Å². The van der Waals surface area contributed by atoms with Crippen LogP contribution in [-0.2, 0) is 0 Å². The van der Waals surface area contributed by atoms with Crippen LogP contribution in [0.3, 0.4) is 0 Å². The summed E-state index contributed by atoms with van der Waals surface area (Å²) in [5.74, 6) is 0.761. The Labute approximate surface area is 126 Å².